The zero-order valence-electron chi connectivity index (χ0n) is 19.5. The maximum absolute atomic E-state index is 13.4. The molecule has 1 aliphatic heterocycles. The van der Waals surface area contributed by atoms with Gasteiger partial charge in [0.05, 0.1) is 22.9 Å². The van der Waals surface area contributed by atoms with Crippen LogP contribution in [-0.4, -0.2) is 66.1 Å². The summed E-state index contributed by atoms with van der Waals surface area (Å²) in [6.07, 6.45) is 0. The molecule has 1 amide bonds. The quantitative estimate of drug-likeness (QED) is 0.533. The number of carbonyl (C=O) groups excluding carboxylic acids is 1. The molecular weight excluding hydrogens is 456 g/mol. The predicted octanol–water partition coefficient (Wildman–Crippen LogP) is 2.52. The Morgan fingerprint density at radius 1 is 1.00 bits per heavy atom. The summed E-state index contributed by atoms with van der Waals surface area (Å²) in [4.78, 5) is 27.9. The van der Waals surface area contributed by atoms with Crippen molar-refractivity contribution in [1.29, 1.82) is 0 Å². The van der Waals surface area contributed by atoms with E-state index in [1.807, 2.05) is 20.8 Å². The van der Waals surface area contributed by atoms with E-state index in [0.29, 0.717) is 23.1 Å². The van der Waals surface area contributed by atoms with E-state index >= 15 is 0 Å². The number of nitrogens with zero attached hydrogens (tertiary/aromatic N) is 4. The van der Waals surface area contributed by atoms with Crippen LogP contribution in [-0.2, 0) is 10.0 Å². The van der Waals surface area contributed by atoms with Crippen LogP contribution in [0.1, 0.15) is 37.3 Å². The highest BCUT2D eigenvalue weighted by Crippen LogP contribution is 2.22. The van der Waals surface area contributed by atoms with Gasteiger partial charge in [-0.3, -0.25) is 9.59 Å². The highest BCUT2D eigenvalue weighted by molar-refractivity contribution is 7.89. The number of benzene rings is 2. The fraction of sp³-hybridized carbons (Fsp3) is 0.375. The number of carbonyl (C=O) groups is 1. The highest BCUT2D eigenvalue weighted by Gasteiger charge is 2.32. The lowest BCUT2D eigenvalue weighted by Crippen LogP contribution is -2.50. The second kappa shape index (κ2) is 9.55. The molecule has 1 saturated heterocycles. The van der Waals surface area contributed by atoms with Crippen molar-refractivity contribution in [2.45, 2.75) is 31.7 Å². The Morgan fingerprint density at radius 2 is 1.62 bits per heavy atom. The maximum atomic E-state index is 13.4. The smallest absolute Gasteiger partial charge is 0.275 e. The first kappa shape index (κ1) is 23.9. The van der Waals surface area contributed by atoms with E-state index in [0.717, 1.165) is 0 Å². The monoisotopic (exact) mass is 484 g/mol. The number of fused-ring (bicyclic) bond motifs is 1. The van der Waals surface area contributed by atoms with Gasteiger partial charge in [-0.15, -0.1) is 0 Å². The molecule has 1 aromatic heterocycles. The van der Waals surface area contributed by atoms with Gasteiger partial charge in [-0.05, 0) is 51.1 Å². The second-order valence-corrected chi connectivity index (χ2v) is 10.3. The molecule has 4 rings (SSSR count). The SMILES string of the molecule is CCOc1ccc(S(=O)(=O)N2CCN(C(=O)c3nn(C(C)C)c(=O)c4ccccc34)CC2)cc1. The molecule has 0 saturated carbocycles. The Balaban J connectivity index is 1.55. The molecule has 0 spiro atoms. The lowest BCUT2D eigenvalue weighted by molar-refractivity contribution is 0.0691. The minimum atomic E-state index is -3.69. The first-order valence-electron chi connectivity index (χ1n) is 11.3. The minimum Gasteiger partial charge on any atom is -0.494 e. The molecule has 0 N–H and O–H groups in total. The number of hydrogen-bond donors (Lipinski definition) is 0. The summed E-state index contributed by atoms with van der Waals surface area (Å²) in [5, 5.41) is 5.32. The van der Waals surface area contributed by atoms with Crippen LogP contribution in [0.3, 0.4) is 0 Å². The second-order valence-electron chi connectivity index (χ2n) is 8.34. The van der Waals surface area contributed by atoms with Crippen LogP contribution in [0.5, 0.6) is 5.75 Å². The van der Waals surface area contributed by atoms with Crippen LogP contribution < -0.4 is 10.3 Å². The number of amides is 1. The van der Waals surface area contributed by atoms with Gasteiger partial charge in [0, 0.05) is 31.6 Å². The van der Waals surface area contributed by atoms with Gasteiger partial charge in [0.1, 0.15) is 5.75 Å². The fourth-order valence-corrected chi connectivity index (χ4v) is 5.44. The fourth-order valence-electron chi connectivity index (χ4n) is 4.02. The van der Waals surface area contributed by atoms with Crippen molar-refractivity contribution in [1.82, 2.24) is 19.0 Å². The molecule has 0 bridgehead atoms. The molecule has 2 aromatic carbocycles. The first-order chi connectivity index (χ1) is 16.2. The number of aromatic nitrogens is 2. The van der Waals surface area contributed by atoms with Gasteiger partial charge in [0.15, 0.2) is 5.69 Å². The van der Waals surface area contributed by atoms with Crippen LogP contribution in [0, 0.1) is 0 Å². The van der Waals surface area contributed by atoms with Crippen LogP contribution in [0.2, 0.25) is 0 Å². The highest BCUT2D eigenvalue weighted by atomic mass is 32.2. The van der Waals surface area contributed by atoms with Gasteiger partial charge in [0.25, 0.3) is 11.5 Å². The van der Waals surface area contributed by atoms with Crippen molar-refractivity contribution < 1.29 is 17.9 Å². The molecule has 2 heterocycles. The Morgan fingerprint density at radius 3 is 2.21 bits per heavy atom. The van der Waals surface area contributed by atoms with E-state index in [1.54, 1.807) is 41.3 Å². The summed E-state index contributed by atoms with van der Waals surface area (Å²) in [5.74, 6) is 0.294. The Kier molecular flexibility index (Phi) is 6.72. The molecule has 0 unspecified atom stereocenters. The van der Waals surface area contributed by atoms with Crippen LogP contribution in [0.25, 0.3) is 10.8 Å². The molecule has 1 aliphatic rings. The third-order valence-electron chi connectivity index (χ3n) is 5.82. The normalized spacial score (nSPS) is 15.1. The van der Waals surface area contributed by atoms with Crippen molar-refractivity contribution in [2.24, 2.45) is 0 Å². The van der Waals surface area contributed by atoms with Crippen LogP contribution >= 0.6 is 0 Å². The van der Waals surface area contributed by atoms with E-state index in [2.05, 4.69) is 5.10 Å². The number of hydrogen-bond acceptors (Lipinski definition) is 6. The average molecular weight is 485 g/mol. The Hall–Kier alpha value is -3.24. The molecule has 0 atom stereocenters. The summed E-state index contributed by atoms with van der Waals surface area (Å²) in [6.45, 7) is 6.83. The van der Waals surface area contributed by atoms with E-state index in [1.165, 1.54) is 21.1 Å². The Labute approximate surface area is 198 Å². The summed E-state index contributed by atoms with van der Waals surface area (Å²) < 4.78 is 34.2. The summed E-state index contributed by atoms with van der Waals surface area (Å²) in [6, 6.07) is 13.1. The molecule has 9 nitrogen and oxygen atoms in total. The molecule has 180 valence electrons. The first-order valence-corrected chi connectivity index (χ1v) is 12.7. The molecule has 34 heavy (non-hydrogen) atoms. The molecule has 1 fully saturated rings. The third-order valence-corrected chi connectivity index (χ3v) is 7.73. The van der Waals surface area contributed by atoms with Crippen molar-refractivity contribution in [3.63, 3.8) is 0 Å². The molecule has 10 heteroatoms. The molecule has 0 radical (unpaired) electrons. The topological polar surface area (TPSA) is 102 Å². The van der Waals surface area contributed by atoms with Crippen molar-refractivity contribution in [3.8, 4) is 5.75 Å². The average Bonchev–Trinajstić information content (AvgIpc) is 2.84. The van der Waals surface area contributed by atoms with Gasteiger partial charge in [-0.1, -0.05) is 18.2 Å². The van der Waals surface area contributed by atoms with E-state index in [4.69, 9.17) is 4.74 Å². The van der Waals surface area contributed by atoms with E-state index in [9.17, 15) is 18.0 Å². The minimum absolute atomic E-state index is 0.170. The number of piperazine rings is 1. The van der Waals surface area contributed by atoms with Crippen LogP contribution in [0.15, 0.2) is 58.2 Å². The standard InChI is InChI=1S/C24H28N4O5S/c1-4-33-18-9-11-19(12-10-18)34(31,32)27-15-13-26(14-16-27)24(30)22-20-7-5-6-8-21(20)23(29)28(25-22)17(2)3/h5-12,17H,4,13-16H2,1-3H3. The third kappa shape index (κ3) is 4.43. The van der Waals surface area contributed by atoms with Gasteiger partial charge >= 0.3 is 0 Å². The maximum Gasteiger partial charge on any atom is 0.275 e. The lowest BCUT2D eigenvalue weighted by atomic mass is 10.1. The van der Waals surface area contributed by atoms with Crippen LogP contribution in [0.4, 0.5) is 0 Å². The van der Waals surface area contributed by atoms with Crippen molar-refractivity contribution in [2.75, 3.05) is 32.8 Å². The number of rotatable bonds is 6. The summed E-state index contributed by atoms with van der Waals surface area (Å²) in [5.41, 5.74) is -0.0415. The number of ether oxygens (including phenoxy) is 1. The molecule has 3 aromatic rings. The largest absolute Gasteiger partial charge is 0.494 e. The van der Waals surface area contributed by atoms with Gasteiger partial charge in [-0.2, -0.15) is 9.40 Å². The predicted molar refractivity (Wildman–Crippen MR) is 129 cm³/mol. The van der Waals surface area contributed by atoms with Gasteiger partial charge in [0.2, 0.25) is 10.0 Å². The van der Waals surface area contributed by atoms with Gasteiger partial charge < -0.3 is 9.64 Å². The van der Waals surface area contributed by atoms with Crippen molar-refractivity contribution >= 4 is 26.7 Å². The summed E-state index contributed by atoms with van der Waals surface area (Å²) in [7, 11) is -3.69. The lowest BCUT2D eigenvalue weighted by Gasteiger charge is -2.34. The number of sulfonamides is 1. The Bertz CT molecular complexity index is 1360. The van der Waals surface area contributed by atoms with E-state index in [-0.39, 0.29) is 54.3 Å². The molecule has 0 aliphatic carbocycles. The molecular formula is C24H28N4O5S. The van der Waals surface area contributed by atoms with E-state index < -0.39 is 10.0 Å². The summed E-state index contributed by atoms with van der Waals surface area (Å²) >= 11 is 0. The van der Waals surface area contributed by atoms with Gasteiger partial charge in [-0.25, -0.2) is 13.1 Å². The van der Waals surface area contributed by atoms with Crippen molar-refractivity contribution in [3.05, 3.63) is 64.6 Å². The zero-order chi connectivity index (χ0) is 24.5. The zero-order valence-corrected chi connectivity index (χ0v) is 20.3.